The quantitative estimate of drug-likeness (QED) is 0.0212. The van der Waals surface area contributed by atoms with Crippen LogP contribution < -0.4 is 15.5 Å². The van der Waals surface area contributed by atoms with Crippen LogP contribution in [0.25, 0.3) is 0 Å². The molecule has 406 valence electrons. The second kappa shape index (κ2) is 26.1. The Morgan fingerprint density at radius 1 is 0.616 bits per heavy atom. The number of nitrogens with one attached hydrogen (secondary N) is 2. The Kier molecular flexibility index (Phi) is 21.8. The lowest BCUT2D eigenvalue weighted by molar-refractivity contribution is -0.438. The predicted molar refractivity (Wildman–Crippen MR) is 270 cm³/mol. The third kappa shape index (κ3) is 16.1. The first kappa shape index (κ1) is 60.8. The normalized spacial score (nSPS) is 19.5. The first-order valence-electron chi connectivity index (χ1n) is 23.6. The second-order valence-corrected chi connectivity index (χ2v) is 22.2. The SMILES string of the molecule is CC1(C)C(=CC=CC=CC=CC2=[N+](CCCCS(=O)(=O)O)c3ccc(C(=O)NC[C@H](O)[C@@H](O)[C@H](O)C(O)CO)cc3C2(C)C)N(CCCCS(=O)(=O)O)c2ccc(C(=O)NCC(O)C(O)C(O)[C@H](O)CO)cc21. The molecule has 0 spiro atoms. The van der Waals surface area contributed by atoms with Crippen molar-refractivity contribution in [3.8, 4) is 0 Å². The molecule has 24 heteroatoms. The zero-order valence-corrected chi connectivity index (χ0v) is 42.8. The summed E-state index contributed by atoms with van der Waals surface area (Å²) < 4.78 is 66.5. The number of fused-ring (bicyclic) bond motifs is 2. The summed E-state index contributed by atoms with van der Waals surface area (Å²) >= 11 is 0. The molecule has 73 heavy (non-hydrogen) atoms. The average Bonchev–Trinajstić information content (AvgIpc) is 3.68. The zero-order valence-electron chi connectivity index (χ0n) is 41.1. The van der Waals surface area contributed by atoms with Crippen LogP contribution in [-0.4, -0.2) is 199 Å². The lowest BCUT2D eigenvalue weighted by Gasteiger charge is -2.27. The van der Waals surface area contributed by atoms with Crippen LogP contribution in [0.15, 0.2) is 84.6 Å². The van der Waals surface area contributed by atoms with E-state index >= 15 is 0 Å². The minimum Gasteiger partial charge on any atom is -0.394 e. The average molecular weight is 1070 g/mol. The van der Waals surface area contributed by atoms with Crippen LogP contribution in [0.1, 0.15) is 85.2 Å². The molecule has 0 aromatic heterocycles. The van der Waals surface area contributed by atoms with Crippen molar-refractivity contribution in [2.75, 3.05) is 55.8 Å². The molecule has 2 aromatic carbocycles. The summed E-state index contributed by atoms with van der Waals surface area (Å²) in [6.45, 7) is 5.77. The number of unbranched alkanes of at least 4 members (excludes halogenated alkanes) is 2. The molecule has 2 heterocycles. The molecule has 4 rings (SSSR count). The standard InChI is InChI=1S/C49H70N4O18S2/c1-48(2)32-24-30(46(64)50-26-36(56)42(60)44(62)38(58)28-54)16-18-34(32)52(20-10-12-22-72(66,67)68)40(48)14-8-6-5-7-9-15-41-49(3,4)33-25-31(17-19-35(33)53(41)21-11-13-23-73(69,70)71)47(65)51-27-37(57)43(61)45(63)39(59)29-55/h5-9,14-19,24-25,36-39,42-45,54-63H,10-13,20-23,26-29H2,1-4H3,(H3-,50,51,64,65,66,67,68,69,70,71)/p+1/t36-,37?,38?,39+,42+,43?,44+,45?/m0/s1. The molecule has 8 atom stereocenters. The Balaban J connectivity index is 1.57. The number of benzene rings is 2. The van der Waals surface area contributed by atoms with Gasteiger partial charge in [0.05, 0.1) is 42.3 Å². The molecule has 22 nitrogen and oxygen atoms in total. The number of aliphatic hydroxyl groups excluding tert-OH is 10. The molecule has 14 N–H and O–H groups in total. The number of amides is 2. The van der Waals surface area contributed by atoms with Crippen molar-refractivity contribution in [3.05, 3.63) is 107 Å². The molecular formula is C49H71N4O18S2+. The van der Waals surface area contributed by atoms with Crippen molar-refractivity contribution in [1.82, 2.24) is 10.6 Å². The fourth-order valence-electron chi connectivity index (χ4n) is 8.68. The van der Waals surface area contributed by atoms with Gasteiger partial charge in [-0.25, -0.2) is 0 Å². The van der Waals surface area contributed by atoms with Gasteiger partial charge < -0.3 is 66.6 Å². The summed E-state index contributed by atoms with van der Waals surface area (Å²) in [7, 11) is -8.38. The van der Waals surface area contributed by atoms with E-state index in [-0.39, 0.29) is 24.0 Å². The topological polar surface area (TPSA) is 375 Å². The highest BCUT2D eigenvalue weighted by Gasteiger charge is 2.45. The predicted octanol–water partition coefficient (Wildman–Crippen LogP) is -0.919. The Morgan fingerprint density at radius 3 is 1.60 bits per heavy atom. The molecule has 0 bridgehead atoms. The molecule has 0 radical (unpaired) electrons. The van der Waals surface area contributed by atoms with E-state index in [1.54, 1.807) is 66.8 Å². The second-order valence-electron chi connectivity index (χ2n) is 19.1. The van der Waals surface area contributed by atoms with Gasteiger partial charge in [0, 0.05) is 71.7 Å². The molecule has 0 aliphatic carbocycles. The summed E-state index contributed by atoms with van der Waals surface area (Å²) in [4.78, 5) is 28.5. The molecule has 2 amide bonds. The van der Waals surface area contributed by atoms with Gasteiger partial charge in [-0.2, -0.15) is 21.4 Å². The van der Waals surface area contributed by atoms with Gasteiger partial charge >= 0.3 is 0 Å². The van der Waals surface area contributed by atoms with Crippen LogP contribution >= 0.6 is 0 Å². The number of carbonyl (C=O) groups is 2. The molecule has 2 aromatic rings. The zero-order chi connectivity index (χ0) is 54.6. The van der Waals surface area contributed by atoms with Crippen molar-refractivity contribution in [3.63, 3.8) is 0 Å². The van der Waals surface area contributed by atoms with Gasteiger partial charge in [-0.1, -0.05) is 44.2 Å². The molecule has 0 fully saturated rings. The maximum atomic E-state index is 13.3. The highest BCUT2D eigenvalue weighted by atomic mass is 32.2. The first-order chi connectivity index (χ1) is 34.1. The molecule has 0 saturated carbocycles. The highest BCUT2D eigenvalue weighted by Crippen LogP contribution is 2.48. The van der Waals surface area contributed by atoms with E-state index in [0.717, 1.165) is 33.9 Å². The van der Waals surface area contributed by atoms with Gasteiger partial charge in [0.2, 0.25) is 5.69 Å². The summed E-state index contributed by atoms with van der Waals surface area (Å²) in [5, 5.41) is 103. The van der Waals surface area contributed by atoms with Crippen molar-refractivity contribution in [2.45, 2.75) is 113 Å². The maximum Gasteiger partial charge on any atom is 0.264 e. The van der Waals surface area contributed by atoms with E-state index in [1.165, 1.54) is 0 Å². The van der Waals surface area contributed by atoms with E-state index in [2.05, 4.69) is 10.6 Å². The number of aliphatic hydroxyl groups is 10. The fraction of sp³-hybridized carbons (Fsp3) is 0.531. The van der Waals surface area contributed by atoms with Gasteiger partial charge in [-0.15, -0.1) is 0 Å². The molecular weight excluding hydrogens is 997 g/mol. The van der Waals surface area contributed by atoms with Crippen LogP contribution in [0.4, 0.5) is 11.4 Å². The smallest absolute Gasteiger partial charge is 0.264 e. The largest absolute Gasteiger partial charge is 0.394 e. The Bertz CT molecular complexity index is 2630. The number of carbonyl (C=O) groups excluding carboxylic acids is 2. The van der Waals surface area contributed by atoms with Gasteiger partial charge in [-0.3, -0.25) is 18.7 Å². The van der Waals surface area contributed by atoms with Gasteiger partial charge in [-0.05, 0) is 75.1 Å². The Morgan fingerprint density at radius 2 is 1.08 bits per heavy atom. The minimum absolute atomic E-state index is 0.172. The molecule has 2 aliphatic heterocycles. The summed E-state index contributed by atoms with van der Waals surface area (Å²) in [6.07, 6.45) is -0.458. The number of allylic oxidation sites excluding steroid dienone is 8. The lowest BCUT2D eigenvalue weighted by Crippen LogP contribution is -2.49. The first-order valence-corrected chi connectivity index (χ1v) is 26.9. The minimum atomic E-state index is -4.19. The third-order valence-corrected chi connectivity index (χ3v) is 14.5. The Labute approximate surface area is 425 Å². The number of anilines is 1. The van der Waals surface area contributed by atoms with Crippen molar-refractivity contribution in [2.24, 2.45) is 0 Å². The number of hydrogen-bond acceptors (Lipinski definition) is 17. The summed E-state index contributed by atoms with van der Waals surface area (Å²) in [5.41, 5.74) is 3.55. The third-order valence-electron chi connectivity index (χ3n) is 12.9. The van der Waals surface area contributed by atoms with Gasteiger partial charge in [0.15, 0.2) is 5.71 Å². The maximum absolute atomic E-state index is 13.3. The summed E-state index contributed by atoms with van der Waals surface area (Å²) in [6, 6.07) is 9.92. The van der Waals surface area contributed by atoms with E-state index in [1.807, 2.05) is 49.3 Å². The number of hydrogen-bond donors (Lipinski definition) is 14. The van der Waals surface area contributed by atoms with Crippen molar-refractivity contribution < 1.29 is 91.2 Å². The van der Waals surface area contributed by atoms with E-state index in [4.69, 9.17) is 10.2 Å². The van der Waals surface area contributed by atoms with Gasteiger partial charge in [0.25, 0.3) is 32.1 Å². The lowest BCUT2D eigenvalue weighted by atomic mass is 9.80. The van der Waals surface area contributed by atoms with Crippen LogP contribution in [0.2, 0.25) is 0 Å². The Hall–Kier alpha value is -4.77. The van der Waals surface area contributed by atoms with Crippen molar-refractivity contribution in [1.29, 1.82) is 0 Å². The van der Waals surface area contributed by atoms with Crippen LogP contribution in [-0.2, 0) is 31.1 Å². The van der Waals surface area contributed by atoms with Crippen molar-refractivity contribution >= 4 is 49.1 Å². The van der Waals surface area contributed by atoms with E-state index in [9.17, 15) is 76.4 Å². The number of nitrogens with zero attached hydrogens (tertiary/aromatic N) is 2. The van der Waals surface area contributed by atoms with E-state index < -0.39 is 130 Å². The molecule has 4 unspecified atom stereocenters. The van der Waals surface area contributed by atoms with Crippen LogP contribution in [0, 0.1) is 0 Å². The highest BCUT2D eigenvalue weighted by molar-refractivity contribution is 7.86. The fourth-order valence-corrected chi connectivity index (χ4v) is 9.81. The van der Waals surface area contributed by atoms with Crippen LogP contribution in [0.5, 0.6) is 0 Å². The monoisotopic (exact) mass is 1070 g/mol. The van der Waals surface area contributed by atoms with Gasteiger partial charge in [0.1, 0.15) is 43.2 Å². The summed E-state index contributed by atoms with van der Waals surface area (Å²) in [5.74, 6) is -2.08. The van der Waals surface area contributed by atoms with Crippen LogP contribution in [0.3, 0.4) is 0 Å². The number of rotatable bonds is 28. The molecule has 0 saturated heterocycles. The van der Waals surface area contributed by atoms with E-state index in [0.29, 0.717) is 25.9 Å². The molecule has 2 aliphatic rings.